The van der Waals surface area contributed by atoms with E-state index in [0.29, 0.717) is 33.6 Å². The molecule has 184 valence electrons. The number of nitrogens with two attached hydrogens (primary N) is 1. The topological polar surface area (TPSA) is 140 Å². The Kier molecular flexibility index (Phi) is 6.13. The van der Waals surface area contributed by atoms with E-state index >= 15 is 0 Å². The van der Waals surface area contributed by atoms with Crippen LogP contribution in [0.3, 0.4) is 0 Å². The lowest BCUT2D eigenvalue weighted by atomic mass is 10.1. The Morgan fingerprint density at radius 1 is 1.11 bits per heavy atom. The number of fused-ring (bicyclic) bond motifs is 2. The van der Waals surface area contributed by atoms with E-state index in [-0.39, 0.29) is 16.9 Å². The van der Waals surface area contributed by atoms with Gasteiger partial charge in [-0.05, 0) is 44.2 Å². The minimum absolute atomic E-state index is 0.0386. The highest BCUT2D eigenvalue weighted by Crippen LogP contribution is 2.22. The Bertz CT molecular complexity index is 1760. The van der Waals surface area contributed by atoms with E-state index in [1.165, 1.54) is 9.08 Å². The van der Waals surface area contributed by atoms with Crippen LogP contribution in [0.2, 0.25) is 0 Å². The zero-order valence-electron chi connectivity index (χ0n) is 20.1. The van der Waals surface area contributed by atoms with E-state index in [2.05, 4.69) is 27.2 Å². The molecule has 3 heterocycles. The Morgan fingerprint density at radius 2 is 1.89 bits per heavy atom. The molecule has 0 aliphatic rings. The maximum atomic E-state index is 13.9. The standard InChI is InChI=1S/C27H23N7O3/c1-16(35)12-13-18-8-6-11-20-21(18)27(37)34(19-9-4-3-5-10-19)24(31-20)17(2)30-26(36)22-23(28)32-33-15-7-14-29-25(22)33/h3-11,14-17,35H,1-2H3,(H2,28,32)(H,30,36)/t16-,17+/m1/s1. The van der Waals surface area contributed by atoms with Crippen LogP contribution in [0.5, 0.6) is 0 Å². The van der Waals surface area contributed by atoms with Crippen LogP contribution in [0.25, 0.3) is 22.2 Å². The monoisotopic (exact) mass is 493 g/mol. The van der Waals surface area contributed by atoms with Crippen LogP contribution in [0, 0.1) is 11.8 Å². The van der Waals surface area contributed by atoms with E-state index in [1.807, 2.05) is 18.2 Å². The molecule has 0 spiro atoms. The first kappa shape index (κ1) is 23.7. The summed E-state index contributed by atoms with van der Waals surface area (Å²) in [5.41, 5.74) is 7.58. The number of aliphatic hydroxyl groups is 1. The summed E-state index contributed by atoms with van der Waals surface area (Å²) in [6.45, 7) is 3.28. The summed E-state index contributed by atoms with van der Waals surface area (Å²) in [6.07, 6.45) is 2.34. The van der Waals surface area contributed by atoms with Gasteiger partial charge >= 0.3 is 0 Å². The van der Waals surface area contributed by atoms with Crippen molar-refractivity contribution in [2.24, 2.45) is 0 Å². The molecule has 37 heavy (non-hydrogen) atoms. The predicted octanol–water partition coefficient (Wildman–Crippen LogP) is 2.23. The fourth-order valence-corrected chi connectivity index (χ4v) is 4.11. The number of aliphatic hydroxyl groups excluding tert-OH is 1. The van der Waals surface area contributed by atoms with E-state index < -0.39 is 18.1 Å². The number of hydrogen-bond acceptors (Lipinski definition) is 7. The molecule has 3 aromatic heterocycles. The Labute approximate surface area is 211 Å². The van der Waals surface area contributed by atoms with Crippen molar-refractivity contribution in [3.63, 3.8) is 0 Å². The number of aromatic nitrogens is 5. The first-order chi connectivity index (χ1) is 17.8. The number of benzene rings is 2. The first-order valence-corrected chi connectivity index (χ1v) is 11.6. The van der Waals surface area contributed by atoms with Gasteiger partial charge in [0.05, 0.1) is 22.6 Å². The van der Waals surface area contributed by atoms with Crippen LogP contribution >= 0.6 is 0 Å². The fraction of sp³-hybridized carbons (Fsp3) is 0.148. The van der Waals surface area contributed by atoms with Crippen molar-refractivity contribution in [1.82, 2.24) is 29.5 Å². The third kappa shape index (κ3) is 4.39. The van der Waals surface area contributed by atoms with Gasteiger partial charge in [0.15, 0.2) is 11.5 Å². The van der Waals surface area contributed by atoms with Crippen molar-refractivity contribution in [1.29, 1.82) is 0 Å². The molecule has 5 aromatic rings. The zero-order chi connectivity index (χ0) is 26.1. The van der Waals surface area contributed by atoms with Crippen LogP contribution in [0.15, 0.2) is 71.8 Å². The molecule has 10 nitrogen and oxygen atoms in total. The Balaban J connectivity index is 1.66. The molecular weight excluding hydrogens is 470 g/mol. The number of hydrogen-bond donors (Lipinski definition) is 3. The number of nitrogen functional groups attached to an aromatic ring is 1. The number of nitrogens with zero attached hydrogens (tertiary/aromatic N) is 5. The highest BCUT2D eigenvalue weighted by Gasteiger charge is 2.24. The van der Waals surface area contributed by atoms with Crippen LogP contribution in [-0.4, -0.2) is 41.3 Å². The molecule has 10 heteroatoms. The second kappa shape index (κ2) is 9.56. The summed E-state index contributed by atoms with van der Waals surface area (Å²) in [7, 11) is 0. The van der Waals surface area contributed by atoms with Crippen molar-refractivity contribution in [3.8, 4) is 17.5 Å². The third-order valence-electron chi connectivity index (χ3n) is 5.74. The average molecular weight is 494 g/mol. The molecule has 0 unspecified atom stereocenters. The Hall–Kier alpha value is -5.01. The van der Waals surface area contributed by atoms with Crippen molar-refractivity contribution in [3.05, 3.63) is 94.3 Å². The first-order valence-electron chi connectivity index (χ1n) is 11.6. The molecular formula is C27H23N7O3. The van der Waals surface area contributed by atoms with Gasteiger partial charge in [0.1, 0.15) is 17.5 Å². The van der Waals surface area contributed by atoms with E-state index in [1.54, 1.807) is 62.6 Å². The number of para-hydroxylation sites is 1. The third-order valence-corrected chi connectivity index (χ3v) is 5.74. The maximum Gasteiger partial charge on any atom is 0.267 e. The second-order valence-electron chi connectivity index (χ2n) is 8.43. The van der Waals surface area contributed by atoms with Crippen molar-refractivity contribution in [2.45, 2.75) is 26.0 Å². The molecule has 0 bridgehead atoms. The minimum atomic E-state index is -0.851. The molecule has 2 atom stereocenters. The van der Waals surface area contributed by atoms with Gasteiger partial charge in [-0.15, -0.1) is 5.10 Å². The molecule has 2 aromatic carbocycles. The molecule has 1 amide bonds. The lowest BCUT2D eigenvalue weighted by Gasteiger charge is -2.20. The van der Waals surface area contributed by atoms with E-state index in [4.69, 9.17) is 10.7 Å². The van der Waals surface area contributed by atoms with Crippen LogP contribution in [0.1, 0.15) is 41.6 Å². The SMILES string of the molecule is C[C@H](NC(=O)c1c(N)nn2cccnc12)c1nc2cccc(C#C[C@@H](C)O)c2c(=O)n1-c1ccccc1. The highest BCUT2D eigenvalue weighted by molar-refractivity contribution is 6.04. The van der Waals surface area contributed by atoms with Gasteiger partial charge in [0.2, 0.25) is 0 Å². The number of rotatable bonds is 4. The summed E-state index contributed by atoms with van der Waals surface area (Å²) < 4.78 is 2.89. The molecule has 0 aliphatic carbocycles. The number of carbonyl (C=O) groups is 1. The lowest BCUT2D eigenvalue weighted by Crippen LogP contribution is -2.33. The van der Waals surface area contributed by atoms with Crippen LogP contribution in [-0.2, 0) is 0 Å². The summed E-state index contributed by atoms with van der Waals surface area (Å²) in [5, 5.41) is 17.0. The van der Waals surface area contributed by atoms with Gasteiger partial charge in [0.25, 0.3) is 11.5 Å². The largest absolute Gasteiger partial charge is 0.381 e. The molecule has 0 radical (unpaired) electrons. The summed E-state index contributed by atoms with van der Waals surface area (Å²) in [6, 6.07) is 15.2. The van der Waals surface area contributed by atoms with Gasteiger partial charge in [-0.2, -0.15) is 0 Å². The zero-order valence-corrected chi connectivity index (χ0v) is 20.1. The highest BCUT2D eigenvalue weighted by atomic mass is 16.3. The number of nitrogens with one attached hydrogen (secondary N) is 1. The molecule has 0 saturated heterocycles. The van der Waals surface area contributed by atoms with Crippen molar-refractivity contribution in [2.75, 3.05) is 5.73 Å². The number of amides is 1. The van der Waals surface area contributed by atoms with Gasteiger partial charge in [0, 0.05) is 18.0 Å². The summed E-state index contributed by atoms with van der Waals surface area (Å²) >= 11 is 0. The normalized spacial score (nSPS) is 12.6. The predicted molar refractivity (Wildman–Crippen MR) is 139 cm³/mol. The van der Waals surface area contributed by atoms with E-state index in [9.17, 15) is 14.7 Å². The van der Waals surface area contributed by atoms with Gasteiger partial charge in [-0.25, -0.2) is 14.5 Å². The lowest BCUT2D eigenvalue weighted by molar-refractivity contribution is 0.0940. The van der Waals surface area contributed by atoms with Gasteiger partial charge < -0.3 is 16.2 Å². The summed E-state index contributed by atoms with van der Waals surface area (Å²) in [5.74, 6) is 5.42. The molecule has 0 fully saturated rings. The average Bonchev–Trinajstić information content (AvgIpc) is 3.23. The number of anilines is 1. The van der Waals surface area contributed by atoms with Crippen molar-refractivity contribution < 1.29 is 9.90 Å². The molecule has 0 aliphatic heterocycles. The molecule has 4 N–H and O–H groups in total. The maximum absolute atomic E-state index is 13.9. The van der Waals surface area contributed by atoms with Gasteiger partial charge in [-0.1, -0.05) is 36.1 Å². The quantitative estimate of drug-likeness (QED) is 0.326. The smallest absolute Gasteiger partial charge is 0.267 e. The van der Waals surface area contributed by atoms with E-state index in [0.717, 1.165) is 0 Å². The minimum Gasteiger partial charge on any atom is -0.381 e. The summed E-state index contributed by atoms with van der Waals surface area (Å²) in [4.78, 5) is 36.2. The number of carbonyl (C=O) groups excluding carboxylic acids is 1. The van der Waals surface area contributed by atoms with Crippen LogP contribution in [0.4, 0.5) is 5.82 Å². The fourth-order valence-electron chi connectivity index (χ4n) is 4.11. The van der Waals surface area contributed by atoms with Gasteiger partial charge in [-0.3, -0.25) is 14.2 Å². The Morgan fingerprint density at radius 3 is 2.65 bits per heavy atom. The molecule has 5 rings (SSSR count). The second-order valence-corrected chi connectivity index (χ2v) is 8.43. The molecule has 0 saturated carbocycles. The van der Waals surface area contributed by atoms with Crippen molar-refractivity contribution >= 4 is 28.3 Å². The van der Waals surface area contributed by atoms with Crippen LogP contribution < -0.4 is 16.6 Å².